The van der Waals surface area contributed by atoms with E-state index >= 15 is 0 Å². The molecule has 1 aliphatic rings. The van der Waals surface area contributed by atoms with Crippen LogP contribution < -0.4 is 0 Å². The summed E-state index contributed by atoms with van der Waals surface area (Å²) in [6, 6.07) is 3.47. The number of likely N-dealkylation sites (tertiary alicyclic amines) is 1. The van der Waals surface area contributed by atoms with E-state index in [0.717, 1.165) is 0 Å². The third-order valence-electron chi connectivity index (χ3n) is 4.15. The van der Waals surface area contributed by atoms with E-state index in [2.05, 4.69) is 0 Å². The van der Waals surface area contributed by atoms with Crippen molar-refractivity contribution in [3.8, 4) is 0 Å². The van der Waals surface area contributed by atoms with Crippen LogP contribution in [0.4, 0.5) is 0 Å². The van der Waals surface area contributed by atoms with Crippen LogP contribution >= 0.6 is 0 Å². The molecule has 0 bridgehead atoms. The Morgan fingerprint density at radius 1 is 1.36 bits per heavy atom. The Hall–Kier alpha value is -2.57. The number of rotatable bonds is 6. The van der Waals surface area contributed by atoms with E-state index in [1.54, 1.807) is 37.1 Å². The Bertz CT molecular complexity index is 615. The van der Waals surface area contributed by atoms with E-state index in [0.29, 0.717) is 38.3 Å². The summed E-state index contributed by atoms with van der Waals surface area (Å²) in [6.07, 6.45) is 5.66. The molecule has 1 aromatic heterocycles. The first-order valence-electron chi connectivity index (χ1n) is 8.42. The third-order valence-corrected chi connectivity index (χ3v) is 4.15. The Balaban J connectivity index is 1.78. The van der Waals surface area contributed by atoms with Crippen LogP contribution in [0.2, 0.25) is 0 Å². The summed E-state index contributed by atoms with van der Waals surface area (Å²) in [5.74, 6) is -0.144. The van der Waals surface area contributed by atoms with Gasteiger partial charge >= 0.3 is 5.97 Å². The monoisotopic (exact) mass is 348 g/mol. The molecule has 2 rings (SSSR count). The molecule has 1 saturated heterocycles. The van der Waals surface area contributed by atoms with Crippen molar-refractivity contribution in [1.82, 2.24) is 9.80 Å². The molecular formula is C18H24N2O5. The topological polar surface area (TPSA) is 80.1 Å². The molecule has 0 spiro atoms. The van der Waals surface area contributed by atoms with Gasteiger partial charge in [0.2, 0.25) is 11.8 Å². The van der Waals surface area contributed by atoms with Gasteiger partial charge in [-0.2, -0.15) is 0 Å². The first kappa shape index (κ1) is 18.8. The summed E-state index contributed by atoms with van der Waals surface area (Å²) < 4.78 is 10.1. The number of carbonyl (C=O) groups is 3. The molecule has 25 heavy (non-hydrogen) atoms. The predicted molar refractivity (Wildman–Crippen MR) is 91.3 cm³/mol. The van der Waals surface area contributed by atoms with Gasteiger partial charge in [0.05, 0.1) is 25.3 Å². The van der Waals surface area contributed by atoms with Crippen molar-refractivity contribution in [3.63, 3.8) is 0 Å². The molecule has 0 aliphatic carbocycles. The van der Waals surface area contributed by atoms with E-state index in [1.807, 2.05) is 0 Å². The van der Waals surface area contributed by atoms with Gasteiger partial charge in [0.25, 0.3) is 0 Å². The van der Waals surface area contributed by atoms with Crippen molar-refractivity contribution in [3.05, 3.63) is 30.2 Å². The number of piperidine rings is 1. The SMILES string of the molecule is CCOC(=O)C1CCN(C(=O)CN(C)C(=O)/C=C/c2ccco2)CC1. The van der Waals surface area contributed by atoms with Gasteiger partial charge in [-0.15, -0.1) is 0 Å². The zero-order valence-corrected chi connectivity index (χ0v) is 14.6. The number of likely N-dealkylation sites (N-methyl/N-ethyl adjacent to an activating group) is 1. The number of nitrogens with zero attached hydrogens (tertiary/aromatic N) is 2. The van der Waals surface area contributed by atoms with Crippen LogP contribution in [-0.4, -0.2) is 60.9 Å². The number of esters is 1. The van der Waals surface area contributed by atoms with Crippen molar-refractivity contribution in [2.45, 2.75) is 19.8 Å². The summed E-state index contributed by atoms with van der Waals surface area (Å²) in [7, 11) is 1.58. The van der Waals surface area contributed by atoms with Crippen molar-refractivity contribution in [1.29, 1.82) is 0 Å². The molecule has 0 radical (unpaired) electrons. The summed E-state index contributed by atoms with van der Waals surface area (Å²) in [4.78, 5) is 39.1. The van der Waals surface area contributed by atoms with Gasteiger partial charge in [-0.3, -0.25) is 14.4 Å². The van der Waals surface area contributed by atoms with Crippen molar-refractivity contribution in [2.24, 2.45) is 5.92 Å². The minimum absolute atomic E-state index is 0.00536. The lowest BCUT2D eigenvalue weighted by Gasteiger charge is -2.32. The molecular weight excluding hydrogens is 324 g/mol. The highest BCUT2D eigenvalue weighted by Gasteiger charge is 2.28. The van der Waals surface area contributed by atoms with E-state index in [9.17, 15) is 14.4 Å². The van der Waals surface area contributed by atoms with Gasteiger partial charge in [0, 0.05) is 26.2 Å². The smallest absolute Gasteiger partial charge is 0.309 e. The largest absolute Gasteiger partial charge is 0.466 e. The molecule has 2 heterocycles. The zero-order chi connectivity index (χ0) is 18.2. The van der Waals surface area contributed by atoms with Crippen LogP contribution in [0, 0.1) is 5.92 Å². The first-order valence-corrected chi connectivity index (χ1v) is 8.42. The first-order chi connectivity index (χ1) is 12.0. The third kappa shape index (κ3) is 5.48. The fraction of sp³-hybridized carbons (Fsp3) is 0.500. The maximum absolute atomic E-state index is 12.3. The molecule has 0 N–H and O–H groups in total. The van der Waals surface area contributed by atoms with Gasteiger partial charge in [-0.05, 0) is 38.0 Å². The molecule has 0 aromatic carbocycles. The number of hydrogen-bond donors (Lipinski definition) is 0. The fourth-order valence-electron chi connectivity index (χ4n) is 2.67. The quantitative estimate of drug-likeness (QED) is 0.576. The molecule has 136 valence electrons. The van der Waals surface area contributed by atoms with Crippen molar-refractivity contribution < 1.29 is 23.5 Å². The highest BCUT2D eigenvalue weighted by atomic mass is 16.5. The van der Waals surface area contributed by atoms with Crippen LogP contribution in [0.1, 0.15) is 25.5 Å². The van der Waals surface area contributed by atoms with Gasteiger partial charge in [-0.25, -0.2) is 0 Å². The highest BCUT2D eigenvalue weighted by molar-refractivity contribution is 5.94. The molecule has 0 saturated carbocycles. The Morgan fingerprint density at radius 2 is 2.08 bits per heavy atom. The van der Waals surface area contributed by atoms with E-state index < -0.39 is 0 Å². The van der Waals surface area contributed by atoms with Crippen molar-refractivity contribution >= 4 is 23.9 Å². The van der Waals surface area contributed by atoms with Crippen LogP contribution in [0.15, 0.2) is 28.9 Å². The van der Waals surface area contributed by atoms with E-state index in [-0.39, 0.29) is 30.2 Å². The molecule has 7 heteroatoms. The lowest BCUT2D eigenvalue weighted by molar-refractivity contribution is -0.151. The number of hydrogen-bond acceptors (Lipinski definition) is 5. The van der Waals surface area contributed by atoms with Gasteiger partial charge in [0.1, 0.15) is 5.76 Å². The summed E-state index contributed by atoms with van der Waals surface area (Å²) >= 11 is 0. The molecule has 2 amide bonds. The van der Waals surface area contributed by atoms with E-state index in [1.165, 1.54) is 17.2 Å². The fourth-order valence-corrected chi connectivity index (χ4v) is 2.67. The van der Waals surface area contributed by atoms with Gasteiger partial charge < -0.3 is 19.0 Å². The molecule has 1 fully saturated rings. The average molecular weight is 348 g/mol. The maximum atomic E-state index is 12.3. The Morgan fingerprint density at radius 3 is 2.68 bits per heavy atom. The maximum Gasteiger partial charge on any atom is 0.309 e. The molecule has 7 nitrogen and oxygen atoms in total. The van der Waals surface area contributed by atoms with Gasteiger partial charge in [-0.1, -0.05) is 0 Å². The summed E-state index contributed by atoms with van der Waals surface area (Å²) in [6.45, 7) is 3.17. The minimum atomic E-state index is -0.272. The number of ether oxygens (including phenoxy) is 1. The summed E-state index contributed by atoms with van der Waals surface area (Å²) in [5, 5.41) is 0. The van der Waals surface area contributed by atoms with Gasteiger partial charge in [0.15, 0.2) is 0 Å². The summed E-state index contributed by atoms with van der Waals surface area (Å²) in [5.41, 5.74) is 0. The zero-order valence-electron chi connectivity index (χ0n) is 14.6. The van der Waals surface area contributed by atoms with Crippen LogP contribution in [-0.2, 0) is 19.1 Å². The lowest BCUT2D eigenvalue weighted by atomic mass is 9.97. The highest BCUT2D eigenvalue weighted by Crippen LogP contribution is 2.18. The van der Waals surface area contributed by atoms with Crippen LogP contribution in [0.25, 0.3) is 6.08 Å². The Kier molecular flexibility index (Phi) is 6.80. The number of furan rings is 1. The molecule has 0 unspecified atom stereocenters. The molecule has 1 aliphatic heterocycles. The average Bonchev–Trinajstić information content (AvgIpc) is 3.13. The molecule has 0 atom stereocenters. The second kappa shape index (κ2) is 9.05. The van der Waals surface area contributed by atoms with E-state index in [4.69, 9.17) is 9.15 Å². The second-order valence-corrected chi connectivity index (χ2v) is 5.95. The second-order valence-electron chi connectivity index (χ2n) is 5.95. The predicted octanol–water partition coefficient (Wildman–Crippen LogP) is 1.55. The van der Waals surface area contributed by atoms with Crippen molar-refractivity contribution in [2.75, 3.05) is 33.3 Å². The number of amides is 2. The minimum Gasteiger partial charge on any atom is -0.466 e. The van der Waals surface area contributed by atoms with Crippen LogP contribution in [0.3, 0.4) is 0 Å². The normalized spacial score (nSPS) is 15.4. The molecule has 1 aromatic rings. The number of carbonyl (C=O) groups excluding carboxylic acids is 3. The Labute approximate surface area is 147 Å². The lowest BCUT2D eigenvalue weighted by Crippen LogP contribution is -2.45. The standard InChI is InChI=1S/C18H24N2O5/c1-3-24-18(23)14-8-10-20(11-9-14)17(22)13-19(2)16(21)7-6-15-5-4-12-25-15/h4-7,12,14H,3,8-11,13H2,1-2H3/b7-6+. The van der Waals surface area contributed by atoms with Crippen LogP contribution in [0.5, 0.6) is 0 Å².